The second kappa shape index (κ2) is 6.67. The normalized spacial score (nSPS) is 17.7. The van der Waals surface area contributed by atoms with Crippen molar-refractivity contribution in [2.24, 2.45) is 5.92 Å². The van der Waals surface area contributed by atoms with Gasteiger partial charge in [-0.25, -0.2) is 4.98 Å². The third kappa shape index (κ3) is 3.25. The predicted octanol–water partition coefficient (Wildman–Crippen LogP) is 3.82. The monoisotopic (exact) mass is 335 g/mol. The molecule has 1 amide bonds. The van der Waals surface area contributed by atoms with Gasteiger partial charge in [0, 0.05) is 41.3 Å². The average molecular weight is 336 g/mol. The van der Waals surface area contributed by atoms with Crippen LogP contribution in [0.15, 0.2) is 29.8 Å². The molecule has 6 heteroatoms. The van der Waals surface area contributed by atoms with E-state index in [9.17, 15) is 4.79 Å². The Morgan fingerprint density at radius 1 is 1.55 bits per heavy atom. The molecule has 1 unspecified atom stereocenters. The molecule has 0 bridgehead atoms. The largest absolute Gasteiger partial charge is 0.372 e. The van der Waals surface area contributed by atoms with Gasteiger partial charge in [0.1, 0.15) is 0 Å². The Morgan fingerprint density at radius 2 is 2.41 bits per heavy atom. The number of nitrogens with one attached hydrogen (secondary N) is 1. The molecule has 116 valence electrons. The number of aromatic nitrogens is 1. The number of fused-ring (bicyclic) bond motifs is 1. The Balaban J connectivity index is 1.81. The van der Waals surface area contributed by atoms with E-state index < -0.39 is 0 Å². The first-order valence-corrected chi connectivity index (χ1v) is 8.67. The molecular formula is C16H18ClN3OS. The summed E-state index contributed by atoms with van der Waals surface area (Å²) in [6.07, 6.45) is 3.26. The SMILES string of the molecule is CCN1CCC(C(=O)Nc2nccs2)Cc2ccc(Cl)cc21. The molecule has 0 fully saturated rings. The van der Waals surface area contributed by atoms with E-state index in [0.29, 0.717) is 5.13 Å². The fourth-order valence-corrected chi connectivity index (χ4v) is 3.55. The third-order valence-corrected chi connectivity index (χ3v) is 4.94. The zero-order valence-corrected chi connectivity index (χ0v) is 14.0. The number of carbonyl (C=O) groups is 1. The first kappa shape index (κ1) is 15.3. The van der Waals surface area contributed by atoms with Crippen LogP contribution in [-0.4, -0.2) is 24.0 Å². The number of rotatable bonds is 3. The zero-order valence-electron chi connectivity index (χ0n) is 12.4. The van der Waals surface area contributed by atoms with Crippen LogP contribution in [0, 0.1) is 5.92 Å². The van der Waals surface area contributed by atoms with Crippen LogP contribution in [-0.2, 0) is 11.2 Å². The molecule has 1 N–H and O–H groups in total. The van der Waals surface area contributed by atoms with Gasteiger partial charge in [-0.3, -0.25) is 4.79 Å². The van der Waals surface area contributed by atoms with Crippen molar-refractivity contribution in [3.05, 3.63) is 40.4 Å². The molecule has 2 aromatic rings. The fraction of sp³-hybridized carbons (Fsp3) is 0.375. The summed E-state index contributed by atoms with van der Waals surface area (Å²) in [7, 11) is 0. The zero-order chi connectivity index (χ0) is 15.5. The number of halogens is 1. The molecule has 22 heavy (non-hydrogen) atoms. The lowest BCUT2D eigenvalue weighted by molar-refractivity contribution is -0.119. The van der Waals surface area contributed by atoms with Gasteiger partial charge in [-0.1, -0.05) is 17.7 Å². The summed E-state index contributed by atoms with van der Waals surface area (Å²) >= 11 is 7.58. The second-order valence-corrected chi connectivity index (χ2v) is 6.70. The minimum Gasteiger partial charge on any atom is -0.372 e. The highest BCUT2D eigenvalue weighted by atomic mass is 35.5. The van der Waals surface area contributed by atoms with Gasteiger partial charge in [0.05, 0.1) is 0 Å². The van der Waals surface area contributed by atoms with E-state index in [0.717, 1.165) is 36.6 Å². The smallest absolute Gasteiger partial charge is 0.229 e. The Hall–Kier alpha value is -1.59. The fourth-order valence-electron chi connectivity index (χ4n) is 2.85. The molecule has 1 aliphatic rings. The Kier molecular flexibility index (Phi) is 4.64. The summed E-state index contributed by atoms with van der Waals surface area (Å²) in [4.78, 5) is 18.9. The summed E-state index contributed by atoms with van der Waals surface area (Å²) in [5, 5.41) is 6.18. The highest BCUT2D eigenvalue weighted by Crippen LogP contribution is 2.31. The Labute approximate surface area is 139 Å². The number of thiazole rings is 1. The second-order valence-electron chi connectivity index (χ2n) is 5.37. The Bertz CT molecular complexity index is 659. The first-order chi connectivity index (χ1) is 10.7. The number of benzene rings is 1. The lowest BCUT2D eigenvalue weighted by atomic mass is 9.96. The van der Waals surface area contributed by atoms with Crippen molar-refractivity contribution < 1.29 is 4.79 Å². The minimum absolute atomic E-state index is 0.0413. The van der Waals surface area contributed by atoms with Gasteiger partial charge < -0.3 is 10.2 Å². The number of anilines is 2. The van der Waals surface area contributed by atoms with Crippen molar-refractivity contribution in [1.29, 1.82) is 0 Å². The maximum absolute atomic E-state index is 12.5. The quantitative estimate of drug-likeness (QED) is 0.927. The minimum atomic E-state index is -0.0413. The van der Waals surface area contributed by atoms with Crippen LogP contribution in [0.2, 0.25) is 5.02 Å². The van der Waals surface area contributed by atoms with E-state index in [1.807, 2.05) is 23.6 Å². The van der Waals surface area contributed by atoms with Crippen LogP contribution >= 0.6 is 22.9 Å². The van der Waals surface area contributed by atoms with Crippen molar-refractivity contribution >= 4 is 39.7 Å². The van der Waals surface area contributed by atoms with Gasteiger partial charge >= 0.3 is 0 Å². The van der Waals surface area contributed by atoms with Crippen LogP contribution in [0.4, 0.5) is 10.8 Å². The van der Waals surface area contributed by atoms with Crippen molar-refractivity contribution in [3.63, 3.8) is 0 Å². The molecule has 1 atom stereocenters. The maximum atomic E-state index is 12.5. The number of hydrogen-bond acceptors (Lipinski definition) is 4. The molecule has 3 rings (SSSR count). The van der Waals surface area contributed by atoms with Crippen molar-refractivity contribution in [2.45, 2.75) is 19.8 Å². The van der Waals surface area contributed by atoms with E-state index in [-0.39, 0.29) is 11.8 Å². The summed E-state index contributed by atoms with van der Waals surface area (Å²) in [5.74, 6) is 0.00850. The molecule has 0 spiro atoms. The average Bonchev–Trinajstić information content (AvgIpc) is 2.94. The van der Waals surface area contributed by atoms with Gasteiger partial charge in [-0.2, -0.15) is 0 Å². The van der Waals surface area contributed by atoms with Crippen molar-refractivity contribution in [3.8, 4) is 0 Å². The lowest BCUT2D eigenvalue weighted by Gasteiger charge is -2.23. The summed E-state index contributed by atoms with van der Waals surface area (Å²) in [6.45, 7) is 3.90. The molecule has 1 aromatic carbocycles. The predicted molar refractivity (Wildman–Crippen MR) is 91.9 cm³/mol. The molecule has 1 aromatic heterocycles. The number of amides is 1. The Morgan fingerprint density at radius 3 is 3.14 bits per heavy atom. The molecule has 2 heterocycles. The van der Waals surface area contributed by atoms with Crippen LogP contribution < -0.4 is 10.2 Å². The van der Waals surface area contributed by atoms with E-state index >= 15 is 0 Å². The summed E-state index contributed by atoms with van der Waals surface area (Å²) in [6, 6.07) is 5.94. The van der Waals surface area contributed by atoms with Gasteiger partial charge in [0.2, 0.25) is 5.91 Å². The van der Waals surface area contributed by atoms with E-state index in [1.165, 1.54) is 16.9 Å². The van der Waals surface area contributed by atoms with E-state index in [2.05, 4.69) is 22.1 Å². The van der Waals surface area contributed by atoms with Gasteiger partial charge in [-0.15, -0.1) is 11.3 Å². The van der Waals surface area contributed by atoms with E-state index in [1.54, 1.807) is 6.20 Å². The van der Waals surface area contributed by atoms with Gasteiger partial charge in [-0.05, 0) is 37.5 Å². The number of carbonyl (C=O) groups excluding carboxylic acids is 1. The van der Waals surface area contributed by atoms with Crippen molar-refractivity contribution in [1.82, 2.24) is 4.98 Å². The summed E-state index contributed by atoms with van der Waals surface area (Å²) < 4.78 is 0. The van der Waals surface area contributed by atoms with Crippen LogP contribution in [0.1, 0.15) is 18.9 Å². The molecule has 4 nitrogen and oxygen atoms in total. The van der Waals surface area contributed by atoms with Crippen LogP contribution in [0.25, 0.3) is 0 Å². The standard InChI is InChI=1S/C16H18ClN3OS/c1-2-20-7-5-12(15(21)19-16-18-6-8-22-16)9-11-3-4-13(17)10-14(11)20/h3-4,6,8,10,12H,2,5,7,9H2,1H3,(H,18,19,21). The highest BCUT2D eigenvalue weighted by molar-refractivity contribution is 7.13. The maximum Gasteiger partial charge on any atom is 0.229 e. The highest BCUT2D eigenvalue weighted by Gasteiger charge is 2.26. The molecular weight excluding hydrogens is 318 g/mol. The van der Waals surface area contributed by atoms with Crippen LogP contribution in [0.3, 0.4) is 0 Å². The molecule has 0 saturated heterocycles. The van der Waals surface area contributed by atoms with Gasteiger partial charge in [0.15, 0.2) is 5.13 Å². The molecule has 0 saturated carbocycles. The van der Waals surface area contributed by atoms with Crippen molar-refractivity contribution in [2.75, 3.05) is 23.3 Å². The first-order valence-electron chi connectivity index (χ1n) is 7.41. The molecule has 0 aliphatic carbocycles. The van der Waals surface area contributed by atoms with Gasteiger partial charge in [0.25, 0.3) is 0 Å². The van der Waals surface area contributed by atoms with Crippen LogP contribution in [0.5, 0.6) is 0 Å². The summed E-state index contributed by atoms with van der Waals surface area (Å²) in [5.41, 5.74) is 2.34. The number of hydrogen-bond donors (Lipinski definition) is 1. The third-order valence-electron chi connectivity index (χ3n) is 4.02. The van der Waals surface area contributed by atoms with E-state index in [4.69, 9.17) is 11.6 Å². The lowest BCUT2D eigenvalue weighted by Crippen LogP contribution is -2.28. The number of nitrogens with zero attached hydrogens (tertiary/aromatic N) is 2. The molecule has 0 radical (unpaired) electrons. The molecule has 1 aliphatic heterocycles. The topological polar surface area (TPSA) is 45.2 Å².